The molecule has 7 nitrogen and oxygen atoms in total. The normalized spacial score (nSPS) is 24.4. The van der Waals surface area contributed by atoms with Crippen LogP contribution in [0.4, 0.5) is 0 Å². The summed E-state index contributed by atoms with van der Waals surface area (Å²) in [5, 5.41) is 2.12. The van der Waals surface area contributed by atoms with Crippen molar-refractivity contribution in [3.63, 3.8) is 0 Å². The number of nitrogens with zero attached hydrogens (tertiary/aromatic N) is 3. The molecular formula is C22H28N4O3S. The number of carbonyl (C=O) groups is 1. The number of fused-ring (bicyclic) bond motifs is 1. The quantitative estimate of drug-likeness (QED) is 0.810. The highest BCUT2D eigenvalue weighted by molar-refractivity contribution is 7.10. The average molecular weight is 429 g/mol. The summed E-state index contributed by atoms with van der Waals surface area (Å²) in [5.74, 6) is 0.693. The number of H-pyrrole nitrogens is 1. The highest BCUT2D eigenvalue weighted by Gasteiger charge is 2.37. The lowest BCUT2D eigenvalue weighted by atomic mass is 10.1. The summed E-state index contributed by atoms with van der Waals surface area (Å²) < 4.78 is 5.60. The highest BCUT2D eigenvalue weighted by Crippen LogP contribution is 2.32. The third kappa shape index (κ3) is 3.72. The van der Waals surface area contributed by atoms with Gasteiger partial charge in [-0.3, -0.25) is 14.5 Å². The Morgan fingerprint density at radius 1 is 1.33 bits per heavy atom. The van der Waals surface area contributed by atoms with Crippen molar-refractivity contribution in [3.8, 4) is 0 Å². The Kier molecular flexibility index (Phi) is 5.47. The first kappa shape index (κ1) is 19.9. The number of hydrogen-bond donors (Lipinski definition) is 1. The van der Waals surface area contributed by atoms with Crippen molar-refractivity contribution in [1.82, 2.24) is 19.8 Å². The molecule has 5 heterocycles. The van der Waals surface area contributed by atoms with Crippen LogP contribution in [0.2, 0.25) is 0 Å². The van der Waals surface area contributed by atoms with E-state index in [1.165, 1.54) is 10.4 Å². The van der Waals surface area contributed by atoms with Crippen molar-refractivity contribution in [1.29, 1.82) is 0 Å². The second-order valence-electron chi connectivity index (χ2n) is 8.56. The number of likely N-dealkylation sites (tertiary alicyclic amines) is 1. The number of nitrogens with one attached hydrogen (secondary N) is 1. The van der Waals surface area contributed by atoms with Crippen molar-refractivity contribution >= 4 is 17.2 Å². The van der Waals surface area contributed by atoms with Crippen molar-refractivity contribution in [2.24, 2.45) is 0 Å². The van der Waals surface area contributed by atoms with Crippen LogP contribution in [0.15, 0.2) is 16.2 Å². The van der Waals surface area contributed by atoms with Crippen LogP contribution in [-0.4, -0.2) is 51.5 Å². The molecule has 3 aliphatic rings. The summed E-state index contributed by atoms with van der Waals surface area (Å²) in [6.45, 7) is 5.89. The number of ether oxygens (including phenoxy) is 1. The smallest absolute Gasteiger partial charge is 0.255 e. The minimum Gasteiger partial charge on any atom is -0.368 e. The third-order valence-corrected chi connectivity index (χ3v) is 7.57. The molecule has 0 unspecified atom stereocenters. The maximum atomic E-state index is 12.9. The monoisotopic (exact) mass is 428 g/mol. The minimum absolute atomic E-state index is 0.0489. The van der Waals surface area contributed by atoms with Gasteiger partial charge in [0.25, 0.3) is 11.5 Å². The van der Waals surface area contributed by atoms with E-state index in [1.807, 2.05) is 4.90 Å². The number of thiophene rings is 1. The molecule has 0 saturated carbocycles. The van der Waals surface area contributed by atoms with Gasteiger partial charge in [0.05, 0.1) is 17.3 Å². The molecule has 2 aromatic rings. The number of carbonyl (C=O) groups excluding carboxylic acids is 1. The molecule has 1 amide bonds. The predicted octanol–water partition coefficient (Wildman–Crippen LogP) is 2.54. The molecule has 0 aliphatic carbocycles. The van der Waals surface area contributed by atoms with Crippen LogP contribution in [-0.2, 0) is 29.0 Å². The zero-order valence-electron chi connectivity index (χ0n) is 17.4. The molecule has 5 rings (SSSR count). The molecule has 0 bridgehead atoms. The summed E-state index contributed by atoms with van der Waals surface area (Å²) >= 11 is 1.77. The van der Waals surface area contributed by atoms with E-state index in [1.54, 1.807) is 11.3 Å². The van der Waals surface area contributed by atoms with Crippen LogP contribution in [0.5, 0.6) is 0 Å². The van der Waals surface area contributed by atoms with Gasteiger partial charge < -0.3 is 14.6 Å². The number of amides is 1. The molecular weight excluding hydrogens is 400 g/mol. The van der Waals surface area contributed by atoms with Crippen molar-refractivity contribution in [2.45, 2.75) is 64.3 Å². The van der Waals surface area contributed by atoms with Gasteiger partial charge in [-0.05, 0) is 49.6 Å². The van der Waals surface area contributed by atoms with Gasteiger partial charge in [-0.1, -0.05) is 0 Å². The molecule has 2 fully saturated rings. The minimum atomic E-state index is -0.329. The van der Waals surface area contributed by atoms with Gasteiger partial charge in [-0.25, -0.2) is 4.98 Å². The van der Waals surface area contributed by atoms with Gasteiger partial charge in [0.2, 0.25) is 0 Å². The summed E-state index contributed by atoms with van der Waals surface area (Å²) in [5.41, 5.74) is 2.92. The van der Waals surface area contributed by atoms with Crippen LogP contribution in [0.25, 0.3) is 0 Å². The zero-order valence-corrected chi connectivity index (χ0v) is 18.2. The fourth-order valence-electron chi connectivity index (χ4n) is 4.83. The number of hydrogen-bond acceptors (Lipinski definition) is 6. The third-order valence-electron chi connectivity index (χ3n) is 6.56. The van der Waals surface area contributed by atoms with E-state index in [-0.39, 0.29) is 23.6 Å². The van der Waals surface area contributed by atoms with Gasteiger partial charge in [-0.2, -0.15) is 0 Å². The summed E-state index contributed by atoms with van der Waals surface area (Å²) in [4.78, 5) is 39.3. The molecule has 0 aromatic carbocycles. The average Bonchev–Trinajstić information content (AvgIpc) is 3.50. The van der Waals surface area contributed by atoms with Gasteiger partial charge in [-0.15, -0.1) is 11.3 Å². The lowest BCUT2D eigenvalue weighted by molar-refractivity contribution is -0.142. The van der Waals surface area contributed by atoms with Crippen LogP contribution in [0, 0.1) is 6.92 Å². The van der Waals surface area contributed by atoms with E-state index in [0.29, 0.717) is 25.5 Å². The Balaban J connectivity index is 1.35. The highest BCUT2D eigenvalue weighted by atomic mass is 32.1. The van der Waals surface area contributed by atoms with E-state index >= 15 is 0 Å². The van der Waals surface area contributed by atoms with Gasteiger partial charge in [0.15, 0.2) is 0 Å². The largest absolute Gasteiger partial charge is 0.368 e. The van der Waals surface area contributed by atoms with Crippen LogP contribution in [0.1, 0.15) is 59.2 Å². The Morgan fingerprint density at radius 3 is 3.00 bits per heavy atom. The molecule has 2 saturated heterocycles. The number of aryl methyl sites for hydroxylation is 1. The van der Waals surface area contributed by atoms with E-state index in [9.17, 15) is 9.59 Å². The van der Waals surface area contributed by atoms with Crippen molar-refractivity contribution < 1.29 is 9.53 Å². The fraction of sp³-hybridized carbons (Fsp3) is 0.591. The first-order valence-corrected chi connectivity index (χ1v) is 11.8. The Hall–Kier alpha value is -2.03. The molecule has 8 heteroatoms. The van der Waals surface area contributed by atoms with Crippen LogP contribution in [0.3, 0.4) is 0 Å². The van der Waals surface area contributed by atoms with Gasteiger partial charge >= 0.3 is 0 Å². The molecule has 0 spiro atoms. The molecule has 1 N–H and O–H groups in total. The first-order valence-electron chi connectivity index (χ1n) is 10.9. The lowest BCUT2D eigenvalue weighted by Crippen LogP contribution is -2.40. The Labute approximate surface area is 180 Å². The van der Waals surface area contributed by atoms with Crippen LogP contribution < -0.4 is 5.56 Å². The Bertz CT molecular complexity index is 995. The standard InChI is InChI=1S/C22H28N4O3S/c1-14-7-11-30-19(14)13-25-9-6-16-15(12-25)21(27)24-20(23-16)17-4-2-8-26(17)22(28)18-5-3-10-29-18/h7,11,17-18H,2-6,8-10,12-13H2,1H3,(H,23,24,27)/t17-,18+/m0/s1. The second kappa shape index (κ2) is 8.24. The van der Waals surface area contributed by atoms with Crippen molar-refractivity contribution in [3.05, 3.63) is 49.3 Å². The number of aromatic nitrogens is 2. The van der Waals surface area contributed by atoms with Gasteiger partial charge in [0.1, 0.15) is 11.9 Å². The fourth-order valence-corrected chi connectivity index (χ4v) is 5.78. The van der Waals surface area contributed by atoms with Crippen LogP contribution >= 0.6 is 11.3 Å². The predicted molar refractivity (Wildman–Crippen MR) is 114 cm³/mol. The maximum absolute atomic E-state index is 12.9. The molecule has 160 valence electrons. The summed E-state index contributed by atoms with van der Waals surface area (Å²) in [7, 11) is 0. The zero-order chi connectivity index (χ0) is 20.7. The topological polar surface area (TPSA) is 78.5 Å². The SMILES string of the molecule is Cc1ccsc1CN1CCc2nc([C@@H]3CCCN3C(=O)[C@H]3CCCO3)[nH]c(=O)c2C1. The lowest BCUT2D eigenvalue weighted by Gasteiger charge is -2.29. The number of aromatic amines is 1. The summed E-state index contributed by atoms with van der Waals surface area (Å²) in [6, 6.07) is 2.00. The first-order chi connectivity index (χ1) is 14.6. The van der Waals surface area contributed by atoms with E-state index < -0.39 is 0 Å². The van der Waals surface area contributed by atoms with Gasteiger partial charge in [0, 0.05) is 44.1 Å². The molecule has 2 atom stereocenters. The van der Waals surface area contributed by atoms with E-state index in [0.717, 1.165) is 56.5 Å². The molecule has 3 aliphatic heterocycles. The number of rotatable bonds is 4. The maximum Gasteiger partial charge on any atom is 0.255 e. The summed E-state index contributed by atoms with van der Waals surface area (Å²) in [6.07, 6.45) is 3.93. The van der Waals surface area contributed by atoms with Crippen molar-refractivity contribution in [2.75, 3.05) is 19.7 Å². The van der Waals surface area contributed by atoms with E-state index in [4.69, 9.17) is 9.72 Å². The molecule has 2 aromatic heterocycles. The molecule has 30 heavy (non-hydrogen) atoms. The molecule has 0 radical (unpaired) electrons. The second-order valence-corrected chi connectivity index (χ2v) is 9.56. The van der Waals surface area contributed by atoms with E-state index in [2.05, 4.69) is 28.3 Å². The Morgan fingerprint density at radius 2 is 2.23 bits per heavy atom.